The highest BCUT2D eigenvalue weighted by Gasteiger charge is 2.18. The summed E-state index contributed by atoms with van der Waals surface area (Å²) in [6.07, 6.45) is 3.38. The number of rotatable bonds is 5. The molecule has 5 heteroatoms. The van der Waals surface area contributed by atoms with Crippen molar-refractivity contribution >= 4 is 27.2 Å². The summed E-state index contributed by atoms with van der Waals surface area (Å²) in [5, 5.41) is 12.6. The Kier molecular flexibility index (Phi) is 5.14. The molecule has 1 aliphatic rings. The number of piperidine rings is 1. The fourth-order valence-electron chi connectivity index (χ4n) is 3.56. The van der Waals surface area contributed by atoms with Crippen LogP contribution in [0.3, 0.4) is 0 Å². The molecule has 0 atom stereocenters. The molecule has 0 aliphatic carbocycles. The Hall–Kier alpha value is -2.42. The minimum Gasteiger partial charge on any atom is -0.371 e. The van der Waals surface area contributed by atoms with Crippen molar-refractivity contribution in [2.75, 3.05) is 24.5 Å². The highest BCUT2D eigenvalue weighted by Crippen LogP contribution is 2.21. The van der Waals surface area contributed by atoms with Crippen molar-refractivity contribution in [3.8, 4) is 6.07 Å². The molecule has 2 heterocycles. The number of aromatic nitrogens is 1. The lowest BCUT2D eigenvalue weighted by molar-refractivity contribution is 0.417. The fourth-order valence-corrected chi connectivity index (χ4v) is 4.30. The molecule has 0 radical (unpaired) electrons. The van der Waals surface area contributed by atoms with Gasteiger partial charge in [0, 0.05) is 24.8 Å². The van der Waals surface area contributed by atoms with Crippen LogP contribution < -0.4 is 10.2 Å². The van der Waals surface area contributed by atoms with E-state index in [-0.39, 0.29) is 0 Å². The van der Waals surface area contributed by atoms with Gasteiger partial charge in [0.1, 0.15) is 0 Å². The van der Waals surface area contributed by atoms with E-state index in [1.54, 1.807) is 11.3 Å². The Morgan fingerprint density at radius 3 is 2.73 bits per heavy atom. The molecule has 0 unspecified atom stereocenters. The fraction of sp³-hybridized carbons (Fsp3) is 0.333. The highest BCUT2D eigenvalue weighted by atomic mass is 32.1. The SMILES string of the molecule is N#Cc1ccc(N2CCC(NCCc3ccc4ncsc4c3)CC2)cc1. The molecule has 0 spiro atoms. The van der Waals surface area contributed by atoms with Crippen LogP contribution in [0.25, 0.3) is 10.2 Å². The molecule has 1 aromatic heterocycles. The molecule has 0 amide bonds. The predicted molar refractivity (Wildman–Crippen MR) is 108 cm³/mol. The summed E-state index contributed by atoms with van der Waals surface area (Å²) >= 11 is 1.71. The Balaban J connectivity index is 1.24. The topological polar surface area (TPSA) is 52.0 Å². The van der Waals surface area contributed by atoms with Gasteiger partial charge in [-0.25, -0.2) is 4.98 Å². The van der Waals surface area contributed by atoms with Crippen molar-refractivity contribution in [2.45, 2.75) is 25.3 Å². The van der Waals surface area contributed by atoms with Crippen molar-refractivity contribution in [3.05, 3.63) is 59.1 Å². The Labute approximate surface area is 158 Å². The molecule has 1 N–H and O–H groups in total. The number of anilines is 1. The molecule has 4 nitrogen and oxygen atoms in total. The van der Waals surface area contributed by atoms with E-state index in [9.17, 15) is 0 Å². The number of hydrogen-bond acceptors (Lipinski definition) is 5. The van der Waals surface area contributed by atoms with Gasteiger partial charge in [0.05, 0.1) is 27.4 Å². The summed E-state index contributed by atoms with van der Waals surface area (Å²) < 4.78 is 1.28. The Morgan fingerprint density at radius 2 is 1.96 bits per heavy atom. The third-order valence-corrected chi connectivity index (χ3v) is 5.89. The van der Waals surface area contributed by atoms with Gasteiger partial charge >= 0.3 is 0 Å². The zero-order chi connectivity index (χ0) is 17.8. The quantitative estimate of drug-likeness (QED) is 0.746. The molecule has 0 bridgehead atoms. The summed E-state index contributed by atoms with van der Waals surface area (Å²) in [5.41, 5.74) is 6.34. The van der Waals surface area contributed by atoms with Crippen LogP contribution in [0.15, 0.2) is 48.0 Å². The van der Waals surface area contributed by atoms with Crippen LogP contribution >= 0.6 is 11.3 Å². The standard InChI is InChI=1S/C21H22N4S/c22-14-17-1-4-19(5-2-17)25-11-8-18(9-12-25)23-10-7-16-3-6-20-21(13-16)26-15-24-20/h1-6,13,15,18,23H,7-12H2. The van der Waals surface area contributed by atoms with Gasteiger partial charge in [0.25, 0.3) is 0 Å². The van der Waals surface area contributed by atoms with Crippen LogP contribution in [0.2, 0.25) is 0 Å². The van der Waals surface area contributed by atoms with Crippen molar-refractivity contribution in [2.24, 2.45) is 0 Å². The summed E-state index contributed by atoms with van der Waals surface area (Å²) in [6.45, 7) is 3.15. The van der Waals surface area contributed by atoms with E-state index in [0.29, 0.717) is 6.04 Å². The Bertz CT molecular complexity index is 902. The van der Waals surface area contributed by atoms with E-state index < -0.39 is 0 Å². The van der Waals surface area contributed by atoms with Crippen LogP contribution in [-0.4, -0.2) is 30.7 Å². The lowest BCUT2D eigenvalue weighted by Gasteiger charge is -2.34. The maximum Gasteiger partial charge on any atom is 0.0991 e. The molecular weight excluding hydrogens is 340 g/mol. The average molecular weight is 363 g/mol. The first-order valence-corrected chi connectivity index (χ1v) is 10.0. The third kappa shape index (κ3) is 3.87. The van der Waals surface area contributed by atoms with Gasteiger partial charge in [0.15, 0.2) is 0 Å². The van der Waals surface area contributed by atoms with Crippen molar-refractivity contribution in [3.63, 3.8) is 0 Å². The zero-order valence-corrected chi connectivity index (χ0v) is 15.5. The number of thiazole rings is 1. The van der Waals surface area contributed by atoms with Gasteiger partial charge < -0.3 is 10.2 Å². The molecule has 3 aromatic rings. The summed E-state index contributed by atoms with van der Waals surface area (Å²) in [4.78, 5) is 6.75. The monoisotopic (exact) mass is 362 g/mol. The van der Waals surface area contributed by atoms with Gasteiger partial charge in [-0.15, -0.1) is 11.3 Å². The van der Waals surface area contributed by atoms with E-state index >= 15 is 0 Å². The summed E-state index contributed by atoms with van der Waals surface area (Å²) in [7, 11) is 0. The van der Waals surface area contributed by atoms with Crippen LogP contribution in [0.5, 0.6) is 0 Å². The van der Waals surface area contributed by atoms with Gasteiger partial charge in [-0.2, -0.15) is 5.26 Å². The van der Waals surface area contributed by atoms with Gasteiger partial charge in [0.2, 0.25) is 0 Å². The molecule has 26 heavy (non-hydrogen) atoms. The first-order chi connectivity index (χ1) is 12.8. The second-order valence-electron chi connectivity index (χ2n) is 6.78. The van der Waals surface area contributed by atoms with Crippen molar-refractivity contribution in [1.82, 2.24) is 10.3 Å². The smallest absolute Gasteiger partial charge is 0.0991 e. The number of nitriles is 1. The molecule has 1 fully saturated rings. The number of hydrogen-bond donors (Lipinski definition) is 1. The number of benzene rings is 2. The lowest BCUT2D eigenvalue weighted by Crippen LogP contribution is -2.43. The number of fused-ring (bicyclic) bond motifs is 1. The Morgan fingerprint density at radius 1 is 1.15 bits per heavy atom. The molecule has 1 saturated heterocycles. The second kappa shape index (κ2) is 7.86. The molecule has 2 aromatic carbocycles. The largest absolute Gasteiger partial charge is 0.371 e. The van der Waals surface area contributed by atoms with E-state index in [1.165, 1.54) is 16.0 Å². The van der Waals surface area contributed by atoms with E-state index in [0.717, 1.165) is 50.0 Å². The van der Waals surface area contributed by atoms with Crippen LogP contribution in [0.1, 0.15) is 24.0 Å². The van der Waals surface area contributed by atoms with Crippen LogP contribution in [0.4, 0.5) is 5.69 Å². The highest BCUT2D eigenvalue weighted by molar-refractivity contribution is 7.16. The van der Waals surface area contributed by atoms with Crippen LogP contribution in [-0.2, 0) is 6.42 Å². The molecule has 1 aliphatic heterocycles. The van der Waals surface area contributed by atoms with E-state index in [2.05, 4.69) is 51.6 Å². The second-order valence-corrected chi connectivity index (χ2v) is 7.66. The minimum absolute atomic E-state index is 0.594. The zero-order valence-electron chi connectivity index (χ0n) is 14.7. The van der Waals surface area contributed by atoms with E-state index in [4.69, 9.17) is 5.26 Å². The van der Waals surface area contributed by atoms with Crippen molar-refractivity contribution < 1.29 is 0 Å². The predicted octanol–water partition coefficient (Wildman–Crippen LogP) is 3.97. The van der Waals surface area contributed by atoms with E-state index in [1.807, 2.05) is 17.6 Å². The molecule has 132 valence electrons. The minimum atomic E-state index is 0.594. The first kappa shape index (κ1) is 17.0. The normalized spacial score (nSPS) is 15.3. The summed E-state index contributed by atoms with van der Waals surface area (Å²) in [5.74, 6) is 0. The molecule has 0 saturated carbocycles. The van der Waals surface area contributed by atoms with Gasteiger partial charge in [-0.05, 0) is 67.8 Å². The molecular formula is C21H22N4S. The number of nitrogens with one attached hydrogen (secondary N) is 1. The average Bonchev–Trinajstić information content (AvgIpc) is 3.16. The van der Waals surface area contributed by atoms with Crippen molar-refractivity contribution in [1.29, 1.82) is 5.26 Å². The maximum absolute atomic E-state index is 8.90. The first-order valence-electron chi connectivity index (χ1n) is 9.12. The number of nitrogens with zero attached hydrogens (tertiary/aromatic N) is 3. The molecule has 4 rings (SSSR count). The van der Waals surface area contributed by atoms with Crippen LogP contribution in [0, 0.1) is 11.3 Å². The van der Waals surface area contributed by atoms with Gasteiger partial charge in [-0.3, -0.25) is 0 Å². The third-order valence-electron chi connectivity index (χ3n) is 5.10. The summed E-state index contributed by atoms with van der Waals surface area (Å²) in [6, 6.07) is 17.3. The van der Waals surface area contributed by atoms with Gasteiger partial charge in [-0.1, -0.05) is 6.07 Å². The maximum atomic E-state index is 8.90. The lowest BCUT2D eigenvalue weighted by atomic mass is 10.0.